The van der Waals surface area contributed by atoms with Gasteiger partial charge >= 0.3 is 0 Å². The molecule has 0 atom stereocenters. The number of hydrogen-bond acceptors (Lipinski definition) is 5. The highest BCUT2D eigenvalue weighted by atomic mass is 32.2. The normalized spacial score (nSPS) is 11.8. The molecule has 19 heavy (non-hydrogen) atoms. The largest absolute Gasteiger partial charge is 0.396 e. The van der Waals surface area contributed by atoms with Gasteiger partial charge in [0.1, 0.15) is 0 Å². The van der Waals surface area contributed by atoms with Crippen molar-refractivity contribution < 1.29 is 10.2 Å². The van der Waals surface area contributed by atoms with E-state index in [1.165, 1.54) is 11.3 Å². The van der Waals surface area contributed by atoms with Crippen LogP contribution in [0.15, 0.2) is 0 Å². The SMILES string of the molecule is Cc1nn(C(C)C)c(C)c1C(SCCO)SCCO. The minimum Gasteiger partial charge on any atom is -0.396 e. The molecule has 0 radical (unpaired) electrons. The second-order valence-corrected chi connectivity index (χ2v) is 7.37. The van der Waals surface area contributed by atoms with Crippen molar-refractivity contribution >= 4 is 23.5 Å². The molecule has 1 aromatic heterocycles. The first-order chi connectivity index (χ1) is 9.02. The third kappa shape index (κ3) is 4.41. The first-order valence-corrected chi connectivity index (χ1v) is 8.63. The van der Waals surface area contributed by atoms with Crippen LogP contribution in [0.2, 0.25) is 0 Å². The highest BCUT2D eigenvalue weighted by Gasteiger charge is 2.22. The van der Waals surface area contributed by atoms with Crippen LogP contribution in [0.4, 0.5) is 0 Å². The average Bonchev–Trinajstić information content (AvgIpc) is 2.66. The van der Waals surface area contributed by atoms with Crippen LogP contribution >= 0.6 is 23.5 Å². The molecule has 0 aliphatic heterocycles. The van der Waals surface area contributed by atoms with Crippen molar-refractivity contribution in [3.8, 4) is 0 Å². The molecule has 0 amide bonds. The Morgan fingerprint density at radius 2 is 1.63 bits per heavy atom. The fourth-order valence-electron chi connectivity index (χ4n) is 2.05. The van der Waals surface area contributed by atoms with Crippen molar-refractivity contribution in [3.05, 3.63) is 17.0 Å². The Balaban J connectivity index is 2.99. The topological polar surface area (TPSA) is 58.3 Å². The molecular formula is C13H24N2O2S2. The molecule has 0 aliphatic carbocycles. The number of aromatic nitrogens is 2. The lowest BCUT2D eigenvalue weighted by Gasteiger charge is -2.17. The molecule has 6 heteroatoms. The molecule has 0 saturated heterocycles. The fraction of sp³-hybridized carbons (Fsp3) is 0.769. The maximum Gasteiger partial charge on any atom is 0.0788 e. The molecule has 0 spiro atoms. The summed E-state index contributed by atoms with van der Waals surface area (Å²) in [7, 11) is 0. The third-order valence-electron chi connectivity index (χ3n) is 2.83. The van der Waals surface area contributed by atoms with Crippen LogP contribution < -0.4 is 0 Å². The number of nitrogens with zero attached hydrogens (tertiary/aromatic N) is 2. The first kappa shape index (κ1) is 16.9. The van der Waals surface area contributed by atoms with Crippen LogP contribution in [0.5, 0.6) is 0 Å². The van der Waals surface area contributed by atoms with E-state index in [-0.39, 0.29) is 17.8 Å². The number of thioether (sulfide) groups is 2. The van der Waals surface area contributed by atoms with Gasteiger partial charge in [0.25, 0.3) is 0 Å². The van der Waals surface area contributed by atoms with Gasteiger partial charge in [0.2, 0.25) is 0 Å². The molecule has 0 saturated carbocycles. The first-order valence-electron chi connectivity index (χ1n) is 6.53. The predicted molar refractivity (Wildman–Crippen MR) is 83.9 cm³/mol. The summed E-state index contributed by atoms with van der Waals surface area (Å²) in [6.07, 6.45) is 0. The quantitative estimate of drug-likeness (QED) is 0.723. The van der Waals surface area contributed by atoms with Gasteiger partial charge in [0.15, 0.2) is 0 Å². The summed E-state index contributed by atoms with van der Waals surface area (Å²) >= 11 is 3.43. The molecule has 0 fully saturated rings. The summed E-state index contributed by atoms with van der Waals surface area (Å²) in [4.78, 5) is 0. The van der Waals surface area contributed by atoms with Gasteiger partial charge in [-0.2, -0.15) is 5.10 Å². The Morgan fingerprint density at radius 3 is 2.00 bits per heavy atom. The predicted octanol–water partition coefficient (Wildman–Crippen LogP) is 2.53. The van der Waals surface area contributed by atoms with E-state index in [1.54, 1.807) is 23.5 Å². The molecular weight excluding hydrogens is 280 g/mol. The maximum atomic E-state index is 9.02. The van der Waals surface area contributed by atoms with Crippen LogP contribution in [0.25, 0.3) is 0 Å². The summed E-state index contributed by atoms with van der Waals surface area (Å²) < 4.78 is 2.28. The van der Waals surface area contributed by atoms with Gasteiger partial charge in [-0.3, -0.25) is 4.68 Å². The highest BCUT2D eigenvalue weighted by Crippen LogP contribution is 2.42. The molecule has 0 aliphatic rings. The van der Waals surface area contributed by atoms with Crippen LogP contribution in [-0.2, 0) is 0 Å². The van der Waals surface area contributed by atoms with Crippen molar-refractivity contribution in [2.24, 2.45) is 0 Å². The molecule has 1 heterocycles. The minimum absolute atomic E-state index is 0.178. The summed E-state index contributed by atoms with van der Waals surface area (Å²) in [5.41, 5.74) is 3.48. The minimum atomic E-state index is 0.178. The zero-order chi connectivity index (χ0) is 14.4. The lowest BCUT2D eigenvalue weighted by Crippen LogP contribution is -2.06. The summed E-state index contributed by atoms with van der Waals surface area (Å²) in [6.45, 7) is 8.74. The van der Waals surface area contributed by atoms with Gasteiger partial charge in [0, 0.05) is 28.8 Å². The number of aryl methyl sites for hydroxylation is 1. The molecule has 0 bridgehead atoms. The summed E-state index contributed by atoms with van der Waals surface area (Å²) in [5.74, 6) is 1.41. The van der Waals surface area contributed by atoms with Gasteiger partial charge in [-0.05, 0) is 27.7 Å². The Labute approximate surface area is 124 Å². The second-order valence-electron chi connectivity index (χ2n) is 4.64. The van der Waals surface area contributed by atoms with Gasteiger partial charge in [-0.15, -0.1) is 23.5 Å². The van der Waals surface area contributed by atoms with E-state index in [1.807, 2.05) is 6.92 Å². The maximum absolute atomic E-state index is 9.02. The molecule has 0 unspecified atom stereocenters. The Hall–Kier alpha value is -0.170. The van der Waals surface area contributed by atoms with E-state index in [9.17, 15) is 0 Å². The summed E-state index contributed by atoms with van der Waals surface area (Å²) in [5, 5.41) is 22.7. The zero-order valence-corrected chi connectivity index (χ0v) is 13.7. The molecule has 4 nitrogen and oxygen atoms in total. The van der Waals surface area contributed by atoms with Crippen LogP contribution in [0.1, 0.15) is 41.4 Å². The third-order valence-corrected chi connectivity index (χ3v) is 5.56. The van der Waals surface area contributed by atoms with Gasteiger partial charge in [0.05, 0.1) is 23.5 Å². The van der Waals surface area contributed by atoms with E-state index in [2.05, 4.69) is 30.6 Å². The van der Waals surface area contributed by atoms with Crippen molar-refractivity contribution in [2.45, 2.75) is 38.3 Å². The molecule has 1 aromatic rings. The Kier molecular flexibility index (Phi) is 7.28. The monoisotopic (exact) mass is 304 g/mol. The van der Waals surface area contributed by atoms with E-state index in [0.29, 0.717) is 17.5 Å². The second kappa shape index (κ2) is 8.19. The van der Waals surface area contributed by atoms with Gasteiger partial charge in [-0.25, -0.2) is 0 Å². The Morgan fingerprint density at radius 1 is 1.11 bits per heavy atom. The molecule has 110 valence electrons. The van der Waals surface area contributed by atoms with Gasteiger partial charge < -0.3 is 10.2 Å². The number of rotatable bonds is 8. The average molecular weight is 304 g/mol. The molecule has 2 N–H and O–H groups in total. The lowest BCUT2D eigenvalue weighted by atomic mass is 10.2. The van der Waals surface area contributed by atoms with Crippen molar-refractivity contribution in [2.75, 3.05) is 24.7 Å². The van der Waals surface area contributed by atoms with E-state index in [0.717, 1.165) is 5.69 Å². The number of aliphatic hydroxyl groups excluding tert-OH is 2. The van der Waals surface area contributed by atoms with Crippen molar-refractivity contribution in [1.82, 2.24) is 9.78 Å². The fourth-order valence-corrected chi connectivity index (χ4v) is 4.67. The Bertz CT molecular complexity index is 386. The molecule has 1 rings (SSSR count). The van der Waals surface area contributed by atoms with E-state index < -0.39 is 0 Å². The smallest absolute Gasteiger partial charge is 0.0788 e. The van der Waals surface area contributed by atoms with Crippen LogP contribution in [0.3, 0.4) is 0 Å². The standard InChI is InChI=1S/C13H24N2O2S2/c1-9(2)15-11(4)12(10(3)14-15)13(18-7-5-16)19-8-6-17/h9,13,16-17H,5-8H2,1-4H3. The number of hydrogen-bond donors (Lipinski definition) is 2. The van der Waals surface area contributed by atoms with E-state index in [4.69, 9.17) is 10.2 Å². The van der Waals surface area contributed by atoms with Crippen molar-refractivity contribution in [3.63, 3.8) is 0 Å². The van der Waals surface area contributed by atoms with Crippen LogP contribution in [0, 0.1) is 13.8 Å². The van der Waals surface area contributed by atoms with E-state index >= 15 is 0 Å². The number of aliphatic hydroxyl groups is 2. The van der Waals surface area contributed by atoms with Crippen molar-refractivity contribution in [1.29, 1.82) is 0 Å². The highest BCUT2D eigenvalue weighted by molar-refractivity contribution is 8.16. The summed E-state index contributed by atoms with van der Waals surface area (Å²) in [6, 6.07) is 0.346. The molecule has 0 aromatic carbocycles. The zero-order valence-electron chi connectivity index (χ0n) is 12.1. The van der Waals surface area contributed by atoms with Gasteiger partial charge in [-0.1, -0.05) is 0 Å². The lowest BCUT2D eigenvalue weighted by molar-refractivity contribution is 0.322. The van der Waals surface area contributed by atoms with Crippen LogP contribution in [-0.4, -0.2) is 44.7 Å².